The second-order valence-corrected chi connectivity index (χ2v) is 6.26. The van der Waals surface area contributed by atoms with Crippen LogP contribution in [0.4, 0.5) is 0 Å². The zero-order valence-corrected chi connectivity index (χ0v) is 15.1. The molecule has 3 aromatic heterocycles. The second-order valence-electron chi connectivity index (χ2n) is 6.26. The Bertz CT molecular complexity index is 1100. The maximum absolute atomic E-state index is 12.5. The summed E-state index contributed by atoms with van der Waals surface area (Å²) in [6, 6.07) is 15.5. The van der Waals surface area contributed by atoms with E-state index in [9.17, 15) is 4.79 Å². The number of amides is 1. The number of imidazole rings is 1. The number of benzene rings is 1. The summed E-state index contributed by atoms with van der Waals surface area (Å²) >= 11 is 0. The summed E-state index contributed by atoms with van der Waals surface area (Å²) < 4.78 is 7.66. The highest BCUT2D eigenvalue weighted by Gasteiger charge is 2.15. The number of fused-ring (bicyclic) bond motifs is 2. The van der Waals surface area contributed by atoms with E-state index < -0.39 is 0 Å². The van der Waals surface area contributed by atoms with Gasteiger partial charge in [-0.25, -0.2) is 4.98 Å². The van der Waals surface area contributed by atoms with Crippen LogP contribution >= 0.6 is 0 Å². The van der Waals surface area contributed by atoms with Gasteiger partial charge in [-0.3, -0.25) is 14.2 Å². The lowest BCUT2D eigenvalue weighted by atomic mass is 10.2. The molecule has 0 aliphatic heterocycles. The molecule has 4 rings (SSSR count). The highest BCUT2D eigenvalue weighted by molar-refractivity contribution is 5.94. The maximum Gasteiger partial charge on any atom is 0.270 e. The Balaban J connectivity index is 1.33. The van der Waals surface area contributed by atoms with E-state index in [1.165, 1.54) is 0 Å². The highest BCUT2D eigenvalue weighted by Crippen LogP contribution is 2.22. The first kappa shape index (κ1) is 17.0. The molecule has 0 radical (unpaired) electrons. The maximum atomic E-state index is 12.5. The molecule has 4 aromatic rings. The van der Waals surface area contributed by atoms with Gasteiger partial charge in [-0.05, 0) is 37.6 Å². The molecule has 136 valence electrons. The van der Waals surface area contributed by atoms with Gasteiger partial charge in [0.15, 0.2) is 0 Å². The molecule has 0 bridgehead atoms. The minimum Gasteiger partial charge on any atom is -0.491 e. The standard InChI is InChI=1S/C21H20N4O2/c1-15-20(25-13-3-2-10-18(25)24-15)21(26)23-12-6-14-27-17-9-4-7-16-8-5-11-22-19(16)17/h2-5,7-11,13H,6,12,14H2,1H3,(H,23,26). The molecule has 1 amide bonds. The van der Waals surface area contributed by atoms with Crippen molar-refractivity contribution >= 4 is 22.5 Å². The predicted molar refractivity (Wildman–Crippen MR) is 104 cm³/mol. The average Bonchev–Trinajstić information content (AvgIpc) is 3.03. The predicted octanol–water partition coefficient (Wildman–Crippen LogP) is 3.39. The molecule has 6 nitrogen and oxygen atoms in total. The van der Waals surface area contributed by atoms with Gasteiger partial charge in [0.05, 0.1) is 12.3 Å². The number of rotatable bonds is 6. The lowest BCUT2D eigenvalue weighted by molar-refractivity contribution is 0.0945. The van der Waals surface area contributed by atoms with Crippen LogP contribution in [0.1, 0.15) is 22.6 Å². The summed E-state index contributed by atoms with van der Waals surface area (Å²) in [6.45, 7) is 2.87. The Kier molecular flexibility index (Phi) is 4.70. The largest absolute Gasteiger partial charge is 0.491 e. The van der Waals surface area contributed by atoms with Crippen molar-refractivity contribution in [2.24, 2.45) is 0 Å². The molecule has 0 unspecified atom stereocenters. The normalized spacial score (nSPS) is 11.0. The van der Waals surface area contributed by atoms with Gasteiger partial charge in [0.2, 0.25) is 0 Å². The van der Waals surface area contributed by atoms with Crippen molar-refractivity contribution in [3.05, 3.63) is 72.3 Å². The Morgan fingerprint density at radius 2 is 2.04 bits per heavy atom. The molecule has 0 atom stereocenters. The van der Waals surface area contributed by atoms with Gasteiger partial charge in [0.1, 0.15) is 22.6 Å². The fourth-order valence-electron chi connectivity index (χ4n) is 3.12. The number of ether oxygens (including phenoxy) is 1. The van der Waals surface area contributed by atoms with Crippen LogP contribution in [-0.4, -0.2) is 33.4 Å². The topological polar surface area (TPSA) is 68.5 Å². The van der Waals surface area contributed by atoms with E-state index in [1.807, 2.05) is 66.1 Å². The van der Waals surface area contributed by atoms with Gasteiger partial charge < -0.3 is 10.1 Å². The monoisotopic (exact) mass is 360 g/mol. The fourth-order valence-corrected chi connectivity index (χ4v) is 3.12. The number of nitrogens with zero attached hydrogens (tertiary/aromatic N) is 3. The molecule has 0 spiro atoms. The molecule has 0 aliphatic rings. The van der Waals surface area contributed by atoms with Crippen LogP contribution in [0.3, 0.4) is 0 Å². The molecular formula is C21H20N4O2. The van der Waals surface area contributed by atoms with Crippen molar-refractivity contribution in [2.75, 3.05) is 13.2 Å². The van der Waals surface area contributed by atoms with Gasteiger partial charge >= 0.3 is 0 Å². The average molecular weight is 360 g/mol. The zero-order valence-electron chi connectivity index (χ0n) is 15.1. The number of aromatic nitrogens is 3. The molecule has 0 fully saturated rings. The minimum absolute atomic E-state index is 0.127. The van der Waals surface area contributed by atoms with E-state index in [2.05, 4.69) is 15.3 Å². The van der Waals surface area contributed by atoms with E-state index in [4.69, 9.17) is 4.74 Å². The quantitative estimate of drug-likeness (QED) is 0.535. The third-order valence-electron chi connectivity index (χ3n) is 4.38. The van der Waals surface area contributed by atoms with Crippen LogP contribution in [0.25, 0.3) is 16.6 Å². The van der Waals surface area contributed by atoms with Crippen LogP contribution < -0.4 is 10.1 Å². The summed E-state index contributed by atoms with van der Waals surface area (Å²) in [5.41, 5.74) is 2.92. The van der Waals surface area contributed by atoms with Crippen LogP contribution in [0, 0.1) is 6.92 Å². The summed E-state index contributed by atoms with van der Waals surface area (Å²) in [7, 11) is 0. The highest BCUT2D eigenvalue weighted by atomic mass is 16.5. The number of aryl methyl sites for hydroxylation is 1. The van der Waals surface area contributed by atoms with Crippen molar-refractivity contribution < 1.29 is 9.53 Å². The molecule has 0 saturated carbocycles. The number of nitrogens with one attached hydrogen (secondary N) is 1. The first-order valence-electron chi connectivity index (χ1n) is 8.92. The lowest BCUT2D eigenvalue weighted by Gasteiger charge is -2.09. The van der Waals surface area contributed by atoms with Crippen LogP contribution in [0.5, 0.6) is 5.75 Å². The summed E-state index contributed by atoms with van der Waals surface area (Å²) in [4.78, 5) is 21.3. The van der Waals surface area contributed by atoms with Crippen molar-refractivity contribution in [2.45, 2.75) is 13.3 Å². The van der Waals surface area contributed by atoms with Crippen LogP contribution in [-0.2, 0) is 0 Å². The van der Waals surface area contributed by atoms with Gasteiger partial charge in [-0.1, -0.05) is 24.3 Å². The van der Waals surface area contributed by atoms with Gasteiger partial charge in [0.25, 0.3) is 5.91 Å². The van der Waals surface area contributed by atoms with Crippen LogP contribution in [0.15, 0.2) is 60.9 Å². The van der Waals surface area contributed by atoms with E-state index in [-0.39, 0.29) is 5.91 Å². The van der Waals surface area contributed by atoms with Crippen molar-refractivity contribution in [1.29, 1.82) is 0 Å². The zero-order chi connectivity index (χ0) is 18.6. The summed E-state index contributed by atoms with van der Waals surface area (Å²) in [5, 5.41) is 3.99. The Hall–Kier alpha value is -3.41. The summed E-state index contributed by atoms with van der Waals surface area (Å²) in [5.74, 6) is 0.634. The van der Waals surface area contributed by atoms with E-state index in [1.54, 1.807) is 6.20 Å². The first-order chi connectivity index (χ1) is 13.2. The number of hydrogen-bond donors (Lipinski definition) is 1. The van der Waals surface area contributed by atoms with Gasteiger partial charge in [-0.15, -0.1) is 0 Å². The molecule has 1 aromatic carbocycles. The minimum atomic E-state index is -0.127. The van der Waals surface area contributed by atoms with Crippen molar-refractivity contribution in [3.8, 4) is 5.75 Å². The first-order valence-corrected chi connectivity index (χ1v) is 8.92. The molecule has 6 heteroatoms. The van der Waals surface area contributed by atoms with Crippen molar-refractivity contribution in [1.82, 2.24) is 19.7 Å². The SMILES string of the molecule is Cc1nc2ccccn2c1C(=O)NCCCOc1cccc2cccnc12. The van der Waals surface area contributed by atoms with Gasteiger partial charge in [-0.2, -0.15) is 0 Å². The van der Waals surface area contributed by atoms with E-state index in [0.29, 0.717) is 25.3 Å². The number of para-hydroxylation sites is 1. The number of hydrogen-bond acceptors (Lipinski definition) is 4. The number of pyridine rings is 2. The van der Waals surface area contributed by atoms with E-state index in [0.717, 1.165) is 28.0 Å². The smallest absolute Gasteiger partial charge is 0.270 e. The molecule has 0 aliphatic carbocycles. The Labute approximate surface area is 156 Å². The molecule has 1 N–H and O–H groups in total. The number of carbonyl (C=O) groups excluding carboxylic acids is 1. The van der Waals surface area contributed by atoms with Crippen LogP contribution in [0.2, 0.25) is 0 Å². The van der Waals surface area contributed by atoms with E-state index >= 15 is 0 Å². The molecule has 0 saturated heterocycles. The molecule has 27 heavy (non-hydrogen) atoms. The van der Waals surface area contributed by atoms with Gasteiger partial charge in [0, 0.05) is 24.3 Å². The summed E-state index contributed by atoms with van der Waals surface area (Å²) in [6.07, 6.45) is 4.30. The third kappa shape index (κ3) is 3.46. The third-order valence-corrected chi connectivity index (χ3v) is 4.38. The number of carbonyl (C=O) groups is 1. The fraction of sp³-hybridized carbons (Fsp3) is 0.190. The second kappa shape index (κ2) is 7.45. The Morgan fingerprint density at radius 3 is 2.96 bits per heavy atom. The molecular weight excluding hydrogens is 340 g/mol. The Morgan fingerprint density at radius 1 is 1.15 bits per heavy atom. The van der Waals surface area contributed by atoms with Crippen molar-refractivity contribution in [3.63, 3.8) is 0 Å². The lowest BCUT2D eigenvalue weighted by Crippen LogP contribution is -2.27. The molecule has 3 heterocycles.